The van der Waals surface area contributed by atoms with Crippen LogP contribution in [-0.2, 0) is 15.9 Å². The summed E-state index contributed by atoms with van der Waals surface area (Å²) in [4.78, 5) is 3.45. The number of benzene rings is 1. The molecule has 0 amide bonds. The molecule has 19 heavy (non-hydrogen) atoms. The van der Waals surface area contributed by atoms with Gasteiger partial charge in [-0.15, -0.1) is 0 Å². The minimum absolute atomic E-state index is 0.0384. The zero-order valence-electron chi connectivity index (χ0n) is 11.2. The first-order chi connectivity index (χ1) is 9.42. The highest BCUT2D eigenvalue weighted by molar-refractivity contribution is 5.80. The topological polar surface area (TPSA) is 34.2 Å². The number of aromatic amines is 1. The van der Waals surface area contributed by atoms with E-state index in [-0.39, 0.29) is 6.29 Å². The molecular weight excluding hydrogens is 238 g/mol. The molecule has 1 atom stereocenters. The molecule has 2 aromatic rings. The van der Waals surface area contributed by atoms with Crippen LogP contribution < -0.4 is 0 Å². The molecule has 2 heterocycles. The Balaban J connectivity index is 1.44. The van der Waals surface area contributed by atoms with E-state index in [9.17, 15) is 0 Å². The van der Waals surface area contributed by atoms with Crippen LogP contribution in [0.2, 0.25) is 0 Å². The predicted molar refractivity (Wildman–Crippen MR) is 76.2 cm³/mol. The first-order valence-corrected chi connectivity index (χ1v) is 7.22. The van der Waals surface area contributed by atoms with Crippen LogP contribution in [0.1, 0.15) is 31.4 Å². The van der Waals surface area contributed by atoms with E-state index in [2.05, 4.69) is 35.3 Å². The number of rotatable bonds is 5. The molecule has 1 saturated heterocycles. The van der Waals surface area contributed by atoms with Crippen LogP contribution in [0.15, 0.2) is 30.3 Å². The Morgan fingerprint density at radius 3 is 3.05 bits per heavy atom. The Morgan fingerprint density at radius 2 is 2.21 bits per heavy atom. The number of hydrogen-bond donors (Lipinski definition) is 1. The van der Waals surface area contributed by atoms with Gasteiger partial charge in [0.15, 0.2) is 6.29 Å². The summed E-state index contributed by atoms with van der Waals surface area (Å²) in [5, 5.41) is 1.29. The second-order valence-electron chi connectivity index (χ2n) is 5.15. The Morgan fingerprint density at radius 1 is 1.26 bits per heavy atom. The van der Waals surface area contributed by atoms with Gasteiger partial charge < -0.3 is 14.5 Å². The molecule has 0 aliphatic carbocycles. The normalized spacial score (nSPS) is 19.9. The van der Waals surface area contributed by atoms with E-state index in [1.165, 1.54) is 29.4 Å². The summed E-state index contributed by atoms with van der Waals surface area (Å²) in [6, 6.07) is 10.6. The molecule has 1 aliphatic rings. The lowest BCUT2D eigenvalue weighted by Gasteiger charge is -2.22. The smallest absolute Gasteiger partial charge is 0.157 e. The highest BCUT2D eigenvalue weighted by Gasteiger charge is 2.13. The number of nitrogens with one attached hydrogen (secondary N) is 1. The number of aryl methyl sites for hydroxylation is 1. The average molecular weight is 259 g/mol. The SMILES string of the molecule is c1ccc2[nH]c(CCCOC3CCCCO3)cc2c1. The van der Waals surface area contributed by atoms with Crippen molar-refractivity contribution in [1.29, 1.82) is 0 Å². The zero-order chi connectivity index (χ0) is 12.9. The average Bonchev–Trinajstić information content (AvgIpc) is 2.87. The summed E-state index contributed by atoms with van der Waals surface area (Å²) >= 11 is 0. The largest absolute Gasteiger partial charge is 0.358 e. The van der Waals surface area contributed by atoms with Gasteiger partial charge in [-0.25, -0.2) is 0 Å². The number of ether oxygens (including phenoxy) is 2. The molecule has 3 rings (SSSR count). The lowest BCUT2D eigenvalue weighted by atomic mass is 10.2. The highest BCUT2D eigenvalue weighted by Crippen LogP contribution is 2.17. The zero-order valence-corrected chi connectivity index (χ0v) is 11.2. The minimum Gasteiger partial charge on any atom is -0.358 e. The Labute approximate surface area is 113 Å². The molecular formula is C16H21NO2. The van der Waals surface area contributed by atoms with Gasteiger partial charge in [0, 0.05) is 17.8 Å². The van der Waals surface area contributed by atoms with Gasteiger partial charge in [0.05, 0.1) is 6.61 Å². The maximum atomic E-state index is 5.74. The second kappa shape index (κ2) is 6.22. The molecule has 1 aliphatic heterocycles. The molecule has 102 valence electrons. The predicted octanol–water partition coefficient (Wildman–Crippen LogP) is 3.64. The summed E-state index contributed by atoms with van der Waals surface area (Å²) in [6.07, 6.45) is 5.55. The van der Waals surface area contributed by atoms with Gasteiger partial charge in [-0.1, -0.05) is 18.2 Å². The summed E-state index contributed by atoms with van der Waals surface area (Å²) in [5.74, 6) is 0. The first kappa shape index (κ1) is 12.7. The number of fused-ring (bicyclic) bond motifs is 1. The van der Waals surface area contributed by atoms with Gasteiger partial charge in [-0.3, -0.25) is 0 Å². The van der Waals surface area contributed by atoms with Gasteiger partial charge in [-0.2, -0.15) is 0 Å². The van der Waals surface area contributed by atoms with Crippen LogP contribution in [0.3, 0.4) is 0 Å². The Kier molecular flexibility index (Phi) is 4.16. The van der Waals surface area contributed by atoms with Crippen molar-refractivity contribution in [1.82, 2.24) is 4.98 Å². The van der Waals surface area contributed by atoms with Gasteiger partial charge >= 0.3 is 0 Å². The van der Waals surface area contributed by atoms with E-state index in [4.69, 9.17) is 9.47 Å². The van der Waals surface area contributed by atoms with Crippen molar-refractivity contribution in [2.75, 3.05) is 13.2 Å². The van der Waals surface area contributed by atoms with E-state index in [0.29, 0.717) is 0 Å². The van der Waals surface area contributed by atoms with E-state index in [0.717, 1.165) is 32.5 Å². The standard InChI is InChI=1S/C16H21NO2/c1-2-8-15-13(6-1)12-14(17-15)7-5-11-19-16-9-3-4-10-18-16/h1-2,6,8,12,16-17H,3-5,7,9-11H2. The number of para-hydroxylation sites is 1. The van der Waals surface area contributed by atoms with Gasteiger partial charge in [0.1, 0.15) is 0 Å². The molecule has 1 aromatic carbocycles. The second-order valence-corrected chi connectivity index (χ2v) is 5.15. The number of hydrogen-bond acceptors (Lipinski definition) is 2. The minimum atomic E-state index is 0.0384. The van der Waals surface area contributed by atoms with E-state index < -0.39 is 0 Å². The summed E-state index contributed by atoms with van der Waals surface area (Å²) < 4.78 is 11.3. The van der Waals surface area contributed by atoms with Crippen LogP contribution in [-0.4, -0.2) is 24.5 Å². The molecule has 0 bridgehead atoms. The molecule has 0 saturated carbocycles. The van der Waals surface area contributed by atoms with Crippen LogP contribution in [0.25, 0.3) is 10.9 Å². The van der Waals surface area contributed by atoms with E-state index >= 15 is 0 Å². The van der Waals surface area contributed by atoms with Crippen LogP contribution >= 0.6 is 0 Å². The van der Waals surface area contributed by atoms with Gasteiger partial charge in [0.2, 0.25) is 0 Å². The van der Waals surface area contributed by atoms with Crippen molar-refractivity contribution in [3.63, 3.8) is 0 Å². The third-order valence-corrected chi connectivity index (χ3v) is 3.62. The summed E-state index contributed by atoms with van der Waals surface area (Å²) in [7, 11) is 0. The third kappa shape index (κ3) is 3.37. The summed E-state index contributed by atoms with van der Waals surface area (Å²) in [5.41, 5.74) is 2.50. The van der Waals surface area contributed by atoms with Crippen LogP contribution in [0, 0.1) is 0 Å². The van der Waals surface area contributed by atoms with Crippen molar-refractivity contribution in [3.05, 3.63) is 36.0 Å². The monoisotopic (exact) mass is 259 g/mol. The number of aromatic nitrogens is 1. The van der Waals surface area contributed by atoms with Crippen molar-refractivity contribution >= 4 is 10.9 Å². The van der Waals surface area contributed by atoms with E-state index in [1.807, 2.05) is 0 Å². The lowest BCUT2D eigenvalue weighted by molar-refractivity contribution is -0.162. The van der Waals surface area contributed by atoms with Crippen molar-refractivity contribution in [2.24, 2.45) is 0 Å². The molecule has 0 radical (unpaired) electrons. The van der Waals surface area contributed by atoms with E-state index in [1.54, 1.807) is 0 Å². The molecule has 1 fully saturated rings. The molecule has 1 unspecified atom stereocenters. The molecule has 0 spiro atoms. The fraction of sp³-hybridized carbons (Fsp3) is 0.500. The molecule has 3 nitrogen and oxygen atoms in total. The highest BCUT2D eigenvalue weighted by atomic mass is 16.7. The van der Waals surface area contributed by atoms with Crippen LogP contribution in [0.4, 0.5) is 0 Å². The Bertz CT molecular complexity index is 481. The van der Waals surface area contributed by atoms with Crippen LogP contribution in [0.5, 0.6) is 0 Å². The molecule has 3 heteroatoms. The fourth-order valence-electron chi connectivity index (χ4n) is 2.59. The first-order valence-electron chi connectivity index (χ1n) is 7.22. The summed E-state index contributed by atoms with van der Waals surface area (Å²) in [6.45, 7) is 1.63. The number of H-pyrrole nitrogens is 1. The van der Waals surface area contributed by atoms with Crippen molar-refractivity contribution in [3.8, 4) is 0 Å². The Hall–Kier alpha value is -1.32. The third-order valence-electron chi connectivity index (χ3n) is 3.62. The quantitative estimate of drug-likeness (QED) is 0.832. The van der Waals surface area contributed by atoms with Crippen molar-refractivity contribution < 1.29 is 9.47 Å². The lowest BCUT2D eigenvalue weighted by Crippen LogP contribution is -2.22. The van der Waals surface area contributed by atoms with Gasteiger partial charge in [-0.05, 0) is 49.6 Å². The molecule has 1 aromatic heterocycles. The fourth-order valence-corrected chi connectivity index (χ4v) is 2.59. The molecule has 1 N–H and O–H groups in total. The maximum Gasteiger partial charge on any atom is 0.157 e. The van der Waals surface area contributed by atoms with Gasteiger partial charge in [0.25, 0.3) is 0 Å². The maximum absolute atomic E-state index is 5.74. The van der Waals surface area contributed by atoms with Crippen molar-refractivity contribution in [2.45, 2.75) is 38.4 Å².